The quantitative estimate of drug-likeness (QED) is 0.288. The molecular formula is C27H27F5N8O. The number of alkyl halides is 3. The molecule has 2 aromatic heterocycles. The minimum atomic E-state index is -4.73. The van der Waals surface area contributed by atoms with Gasteiger partial charge in [-0.15, -0.1) is 0 Å². The molecule has 0 aliphatic carbocycles. The first-order valence-electron chi connectivity index (χ1n) is 12.8. The average molecular weight is 575 g/mol. The molecule has 0 bridgehead atoms. The zero-order valence-corrected chi connectivity index (χ0v) is 22.0. The minimum absolute atomic E-state index is 0.214. The highest BCUT2D eigenvalue weighted by Crippen LogP contribution is 2.34. The van der Waals surface area contributed by atoms with Gasteiger partial charge in [0.25, 0.3) is 0 Å². The van der Waals surface area contributed by atoms with Crippen LogP contribution in [0.1, 0.15) is 11.3 Å². The lowest BCUT2D eigenvalue weighted by molar-refractivity contribution is -0.137. The van der Waals surface area contributed by atoms with E-state index in [1.807, 2.05) is 11.4 Å². The highest BCUT2D eigenvalue weighted by Gasteiger charge is 2.31. The van der Waals surface area contributed by atoms with E-state index in [-0.39, 0.29) is 11.5 Å². The van der Waals surface area contributed by atoms with Crippen molar-refractivity contribution in [3.8, 4) is 11.1 Å². The molecular weight excluding hydrogens is 547 g/mol. The first-order chi connectivity index (χ1) is 19.5. The number of carbonyl (C=O) groups is 1. The number of fused-ring (bicyclic) bond motifs is 1. The standard InChI is InChI=1S/C27H27F5N8O/c1-38-8-10-39(11-9-38)7-6-18-14-19(24-25(33)34-15-35-40(18)24)16-2-5-22(21(29)12-16)36-26(41)37-23-13-17(27(30,31)32)3-4-20(23)28/h2-5,12-15H,6-11H2,1H3,(H2,33,34,35)(H2,36,37,41). The van der Waals surface area contributed by atoms with Gasteiger partial charge < -0.3 is 26.2 Å². The van der Waals surface area contributed by atoms with Crippen LogP contribution in [0.2, 0.25) is 0 Å². The van der Waals surface area contributed by atoms with Gasteiger partial charge in [-0.2, -0.15) is 18.3 Å². The second-order valence-electron chi connectivity index (χ2n) is 9.82. The molecule has 4 N–H and O–H groups in total. The van der Waals surface area contributed by atoms with Crippen molar-refractivity contribution in [1.29, 1.82) is 0 Å². The summed E-state index contributed by atoms with van der Waals surface area (Å²) in [7, 11) is 2.09. The normalized spacial score (nSPS) is 14.9. The van der Waals surface area contributed by atoms with Crippen LogP contribution in [0.3, 0.4) is 0 Å². The van der Waals surface area contributed by atoms with E-state index in [1.54, 1.807) is 10.6 Å². The van der Waals surface area contributed by atoms with E-state index in [0.717, 1.165) is 38.4 Å². The SMILES string of the molecule is CN1CCN(CCc2cc(-c3ccc(NC(=O)Nc4cc(C(F)(F)F)ccc4F)c(F)c3)c3c(N)ncnn23)CC1. The van der Waals surface area contributed by atoms with Gasteiger partial charge in [0.15, 0.2) is 5.82 Å². The Kier molecular flexibility index (Phi) is 7.78. The molecule has 14 heteroatoms. The van der Waals surface area contributed by atoms with E-state index in [9.17, 15) is 22.4 Å². The van der Waals surface area contributed by atoms with Crippen molar-refractivity contribution in [2.45, 2.75) is 12.6 Å². The number of amides is 2. The number of rotatable bonds is 6. The molecule has 41 heavy (non-hydrogen) atoms. The number of anilines is 3. The molecule has 1 aliphatic heterocycles. The summed E-state index contributed by atoms with van der Waals surface area (Å²) in [5.74, 6) is -1.69. The summed E-state index contributed by atoms with van der Waals surface area (Å²) >= 11 is 0. The number of piperazine rings is 1. The van der Waals surface area contributed by atoms with Crippen LogP contribution in [0, 0.1) is 11.6 Å². The predicted molar refractivity (Wildman–Crippen MR) is 144 cm³/mol. The molecule has 0 atom stereocenters. The van der Waals surface area contributed by atoms with Crippen LogP contribution in [0.25, 0.3) is 16.6 Å². The van der Waals surface area contributed by atoms with Gasteiger partial charge in [-0.25, -0.2) is 23.1 Å². The van der Waals surface area contributed by atoms with Gasteiger partial charge in [-0.3, -0.25) is 0 Å². The van der Waals surface area contributed by atoms with E-state index in [2.05, 4.69) is 32.2 Å². The average Bonchev–Trinajstić information content (AvgIpc) is 3.30. The number of hydrogen-bond donors (Lipinski definition) is 3. The van der Waals surface area contributed by atoms with Crippen molar-refractivity contribution >= 4 is 28.7 Å². The molecule has 0 spiro atoms. The molecule has 0 unspecified atom stereocenters. The van der Waals surface area contributed by atoms with Crippen LogP contribution in [-0.4, -0.2) is 70.2 Å². The summed E-state index contributed by atoms with van der Waals surface area (Å²) in [4.78, 5) is 21.1. The van der Waals surface area contributed by atoms with E-state index in [4.69, 9.17) is 5.73 Å². The molecule has 1 aliphatic rings. The van der Waals surface area contributed by atoms with Crippen molar-refractivity contribution < 1.29 is 26.7 Å². The smallest absolute Gasteiger partial charge is 0.382 e. The van der Waals surface area contributed by atoms with E-state index >= 15 is 4.39 Å². The van der Waals surface area contributed by atoms with Crippen LogP contribution in [-0.2, 0) is 12.6 Å². The molecule has 0 radical (unpaired) electrons. The number of nitrogens with two attached hydrogens (primary N) is 1. The number of nitrogen functional groups attached to an aromatic ring is 1. The van der Waals surface area contributed by atoms with Gasteiger partial charge in [-0.05, 0) is 49.0 Å². The molecule has 2 amide bonds. The molecule has 4 aromatic rings. The molecule has 2 aromatic carbocycles. The lowest BCUT2D eigenvalue weighted by Crippen LogP contribution is -2.45. The Labute approximate surface area is 231 Å². The number of hydrogen-bond acceptors (Lipinski definition) is 6. The molecule has 216 valence electrons. The molecule has 1 saturated heterocycles. The highest BCUT2D eigenvalue weighted by molar-refractivity contribution is 6.00. The van der Waals surface area contributed by atoms with Crippen LogP contribution < -0.4 is 16.4 Å². The molecule has 1 fully saturated rings. The number of likely N-dealkylation sites (N-methyl/N-ethyl adjacent to an activating group) is 1. The van der Waals surface area contributed by atoms with Gasteiger partial charge in [0.05, 0.1) is 16.9 Å². The Morgan fingerprint density at radius 2 is 1.71 bits per heavy atom. The van der Waals surface area contributed by atoms with Crippen LogP contribution in [0.4, 0.5) is 43.9 Å². The third kappa shape index (κ3) is 6.23. The maximum Gasteiger partial charge on any atom is 0.416 e. The zero-order chi connectivity index (χ0) is 29.3. The second-order valence-corrected chi connectivity index (χ2v) is 9.82. The maximum atomic E-state index is 15.1. The van der Waals surface area contributed by atoms with E-state index in [0.29, 0.717) is 41.3 Å². The minimum Gasteiger partial charge on any atom is -0.382 e. The Hall–Kier alpha value is -4.30. The van der Waals surface area contributed by atoms with Crippen molar-refractivity contribution in [2.75, 3.05) is 56.1 Å². The number of halogens is 5. The van der Waals surface area contributed by atoms with E-state index < -0.39 is 35.1 Å². The molecule has 0 saturated carbocycles. The summed E-state index contributed by atoms with van der Waals surface area (Å²) in [5.41, 5.74) is 6.49. The zero-order valence-electron chi connectivity index (χ0n) is 22.0. The first-order valence-corrected chi connectivity index (χ1v) is 12.8. The Morgan fingerprint density at radius 3 is 2.41 bits per heavy atom. The van der Waals surface area contributed by atoms with Gasteiger partial charge in [0.1, 0.15) is 23.5 Å². The van der Waals surface area contributed by atoms with Crippen LogP contribution >= 0.6 is 0 Å². The van der Waals surface area contributed by atoms with Crippen LogP contribution in [0.15, 0.2) is 48.8 Å². The van der Waals surface area contributed by atoms with Gasteiger partial charge in [-0.1, -0.05) is 6.07 Å². The fourth-order valence-electron chi connectivity index (χ4n) is 4.73. The Balaban J connectivity index is 1.35. The van der Waals surface area contributed by atoms with Crippen LogP contribution in [0.5, 0.6) is 0 Å². The number of urea groups is 1. The first kappa shape index (κ1) is 28.2. The van der Waals surface area contributed by atoms with Crippen molar-refractivity contribution in [3.63, 3.8) is 0 Å². The predicted octanol–water partition coefficient (Wildman–Crippen LogP) is 4.71. The van der Waals surface area contributed by atoms with Gasteiger partial charge >= 0.3 is 12.2 Å². The highest BCUT2D eigenvalue weighted by atomic mass is 19.4. The number of nitrogens with one attached hydrogen (secondary N) is 2. The number of benzene rings is 2. The third-order valence-corrected chi connectivity index (χ3v) is 7.01. The summed E-state index contributed by atoms with van der Waals surface area (Å²) in [6, 6.07) is 6.39. The van der Waals surface area contributed by atoms with Gasteiger partial charge in [0.2, 0.25) is 0 Å². The number of nitrogens with zero attached hydrogens (tertiary/aromatic N) is 5. The van der Waals surface area contributed by atoms with Crippen molar-refractivity contribution in [1.82, 2.24) is 24.4 Å². The fourth-order valence-corrected chi connectivity index (χ4v) is 4.73. The Bertz CT molecular complexity index is 1580. The van der Waals surface area contributed by atoms with Crippen molar-refractivity contribution in [2.24, 2.45) is 0 Å². The fraction of sp³-hybridized carbons (Fsp3) is 0.296. The second kappa shape index (κ2) is 11.3. The monoisotopic (exact) mass is 574 g/mol. The number of aromatic nitrogens is 3. The Morgan fingerprint density at radius 1 is 0.976 bits per heavy atom. The summed E-state index contributed by atoms with van der Waals surface area (Å²) in [6.45, 7) is 4.70. The lowest BCUT2D eigenvalue weighted by atomic mass is 10.1. The molecule has 9 nitrogen and oxygen atoms in total. The molecule has 3 heterocycles. The third-order valence-electron chi connectivity index (χ3n) is 7.01. The molecule has 5 rings (SSSR count). The van der Waals surface area contributed by atoms with E-state index in [1.165, 1.54) is 18.5 Å². The summed E-state index contributed by atoms with van der Waals surface area (Å²) < 4.78 is 69.7. The lowest BCUT2D eigenvalue weighted by Gasteiger charge is -2.32. The summed E-state index contributed by atoms with van der Waals surface area (Å²) in [5, 5.41) is 8.54. The number of carbonyl (C=O) groups excluding carboxylic acids is 1. The maximum absolute atomic E-state index is 15.1. The van der Waals surface area contributed by atoms with Crippen molar-refractivity contribution in [3.05, 3.63) is 71.7 Å². The summed E-state index contributed by atoms with van der Waals surface area (Å²) in [6.07, 6.45) is -2.70. The largest absolute Gasteiger partial charge is 0.416 e. The topological polar surface area (TPSA) is 104 Å². The van der Waals surface area contributed by atoms with Gasteiger partial charge in [0, 0.05) is 50.4 Å².